The van der Waals surface area contributed by atoms with Gasteiger partial charge < -0.3 is 0 Å². The summed E-state index contributed by atoms with van der Waals surface area (Å²) in [5.74, 6) is -0.926. The van der Waals surface area contributed by atoms with E-state index in [1.165, 1.54) is 23.5 Å². The quantitative estimate of drug-likeness (QED) is 0.675. The summed E-state index contributed by atoms with van der Waals surface area (Å²) in [7, 11) is 0. The van der Waals surface area contributed by atoms with Crippen LogP contribution in [-0.4, -0.2) is 15.9 Å². The van der Waals surface area contributed by atoms with Crippen LogP contribution in [0.2, 0.25) is 0 Å². The van der Waals surface area contributed by atoms with Gasteiger partial charge in [-0.1, -0.05) is 12.1 Å². The van der Waals surface area contributed by atoms with E-state index in [9.17, 15) is 22.4 Å². The van der Waals surface area contributed by atoms with Gasteiger partial charge >= 0.3 is 6.18 Å². The Kier molecular flexibility index (Phi) is 4.99. The number of alkyl halides is 3. The fourth-order valence-electron chi connectivity index (χ4n) is 2.12. The molecule has 0 saturated heterocycles. The summed E-state index contributed by atoms with van der Waals surface area (Å²) >= 11 is 1.23. The zero-order valence-electron chi connectivity index (χ0n) is 13.0. The number of anilines is 1. The minimum Gasteiger partial charge on any atom is -0.298 e. The SMILES string of the molecule is O=C(Nc1ncc(Cc2ccc(F)cc2)s1)c1ccc(C(F)(F)F)nc1. The van der Waals surface area contributed by atoms with Crippen LogP contribution in [0.4, 0.5) is 22.7 Å². The molecule has 1 aromatic carbocycles. The van der Waals surface area contributed by atoms with Gasteiger partial charge in [-0.25, -0.2) is 9.37 Å². The molecule has 2 heterocycles. The van der Waals surface area contributed by atoms with Crippen molar-refractivity contribution in [2.45, 2.75) is 12.6 Å². The zero-order valence-corrected chi connectivity index (χ0v) is 13.9. The monoisotopic (exact) mass is 381 g/mol. The number of nitrogens with zero attached hydrogens (tertiary/aromatic N) is 2. The van der Waals surface area contributed by atoms with Crippen molar-refractivity contribution in [3.63, 3.8) is 0 Å². The maximum absolute atomic E-state index is 12.9. The average molecular weight is 381 g/mol. The lowest BCUT2D eigenvalue weighted by atomic mass is 10.1. The molecule has 0 aliphatic heterocycles. The fourth-order valence-corrected chi connectivity index (χ4v) is 2.96. The van der Waals surface area contributed by atoms with Crippen LogP contribution in [0.25, 0.3) is 0 Å². The molecule has 134 valence electrons. The number of thiazole rings is 1. The summed E-state index contributed by atoms with van der Waals surface area (Å²) in [6.07, 6.45) is -1.59. The maximum Gasteiger partial charge on any atom is 0.433 e. The Labute approximate surface area is 149 Å². The molecular weight excluding hydrogens is 370 g/mol. The van der Waals surface area contributed by atoms with Crippen LogP contribution in [0, 0.1) is 5.82 Å². The summed E-state index contributed by atoms with van der Waals surface area (Å²) in [4.78, 5) is 20.2. The lowest BCUT2D eigenvalue weighted by Crippen LogP contribution is -2.14. The molecule has 26 heavy (non-hydrogen) atoms. The molecule has 0 unspecified atom stereocenters. The van der Waals surface area contributed by atoms with E-state index in [-0.39, 0.29) is 11.4 Å². The van der Waals surface area contributed by atoms with Gasteiger partial charge in [0.15, 0.2) is 5.13 Å². The van der Waals surface area contributed by atoms with Gasteiger partial charge in [-0.2, -0.15) is 13.2 Å². The van der Waals surface area contributed by atoms with Crippen molar-refractivity contribution in [2.75, 3.05) is 5.32 Å². The van der Waals surface area contributed by atoms with Crippen LogP contribution in [0.3, 0.4) is 0 Å². The number of carbonyl (C=O) groups excluding carboxylic acids is 1. The number of hydrogen-bond donors (Lipinski definition) is 1. The average Bonchev–Trinajstić information content (AvgIpc) is 3.03. The van der Waals surface area contributed by atoms with Gasteiger partial charge in [0.1, 0.15) is 11.5 Å². The Morgan fingerprint density at radius 2 is 1.77 bits per heavy atom. The van der Waals surface area contributed by atoms with Crippen LogP contribution in [0.15, 0.2) is 48.8 Å². The summed E-state index contributed by atoms with van der Waals surface area (Å²) in [5, 5.41) is 2.83. The predicted octanol–water partition coefficient (Wildman–Crippen LogP) is 4.54. The van der Waals surface area contributed by atoms with E-state index in [0.717, 1.165) is 28.8 Å². The number of amides is 1. The lowest BCUT2D eigenvalue weighted by molar-refractivity contribution is -0.141. The van der Waals surface area contributed by atoms with Gasteiger partial charge in [0.25, 0.3) is 5.91 Å². The number of pyridine rings is 1. The van der Waals surface area contributed by atoms with Crippen LogP contribution < -0.4 is 5.32 Å². The minimum absolute atomic E-state index is 0.00622. The number of benzene rings is 1. The van der Waals surface area contributed by atoms with E-state index in [1.54, 1.807) is 18.3 Å². The van der Waals surface area contributed by atoms with Crippen molar-refractivity contribution in [2.24, 2.45) is 0 Å². The van der Waals surface area contributed by atoms with Gasteiger partial charge in [-0.15, -0.1) is 11.3 Å². The minimum atomic E-state index is -4.56. The molecular formula is C17H11F4N3OS. The Hall–Kier alpha value is -2.81. The lowest BCUT2D eigenvalue weighted by Gasteiger charge is -2.06. The fraction of sp³-hybridized carbons (Fsp3) is 0.118. The van der Waals surface area contributed by atoms with Gasteiger partial charge in [0.2, 0.25) is 0 Å². The molecule has 1 amide bonds. The molecule has 0 aliphatic rings. The van der Waals surface area contributed by atoms with E-state index in [0.29, 0.717) is 11.6 Å². The second-order valence-corrected chi connectivity index (χ2v) is 6.43. The third-order valence-electron chi connectivity index (χ3n) is 3.38. The number of nitrogens with one attached hydrogen (secondary N) is 1. The number of carbonyl (C=O) groups is 1. The second-order valence-electron chi connectivity index (χ2n) is 5.32. The van der Waals surface area contributed by atoms with Crippen LogP contribution in [0.1, 0.15) is 26.5 Å². The molecule has 3 aromatic rings. The molecule has 0 bridgehead atoms. The van der Waals surface area contributed by atoms with Crippen molar-refractivity contribution >= 4 is 22.4 Å². The first-order valence-electron chi connectivity index (χ1n) is 7.35. The second kappa shape index (κ2) is 7.20. The highest BCUT2D eigenvalue weighted by Crippen LogP contribution is 2.27. The first-order valence-corrected chi connectivity index (χ1v) is 8.16. The molecule has 0 atom stereocenters. The third kappa shape index (κ3) is 4.42. The topological polar surface area (TPSA) is 54.9 Å². The first-order chi connectivity index (χ1) is 12.3. The van der Waals surface area contributed by atoms with Gasteiger partial charge in [0, 0.05) is 23.7 Å². The molecule has 0 fully saturated rings. The molecule has 9 heteroatoms. The smallest absolute Gasteiger partial charge is 0.298 e. The largest absolute Gasteiger partial charge is 0.433 e. The van der Waals surface area contributed by atoms with Crippen molar-refractivity contribution < 1.29 is 22.4 Å². The van der Waals surface area contributed by atoms with E-state index >= 15 is 0 Å². The van der Waals surface area contributed by atoms with Crippen LogP contribution >= 0.6 is 11.3 Å². The summed E-state index contributed by atoms with van der Waals surface area (Å²) in [6.45, 7) is 0. The normalized spacial score (nSPS) is 11.4. The number of halogens is 4. The van der Waals surface area contributed by atoms with Crippen molar-refractivity contribution in [1.29, 1.82) is 0 Å². The number of rotatable bonds is 4. The van der Waals surface area contributed by atoms with E-state index < -0.39 is 17.8 Å². The maximum atomic E-state index is 12.9. The van der Waals surface area contributed by atoms with Gasteiger partial charge in [-0.3, -0.25) is 15.1 Å². The summed E-state index contributed by atoms with van der Waals surface area (Å²) in [6, 6.07) is 7.82. The highest BCUT2D eigenvalue weighted by Gasteiger charge is 2.32. The summed E-state index contributed by atoms with van der Waals surface area (Å²) in [5.41, 5.74) is -0.182. The zero-order chi connectivity index (χ0) is 18.7. The molecule has 4 nitrogen and oxygen atoms in total. The highest BCUT2D eigenvalue weighted by molar-refractivity contribution is 7.15. The molecule has 0 aliphatic carbocycles. The van der Waals surface area contributed by atoms with Crippen molar-refractivity contribution in [3.8, 4) is 0 Å². The van der Waals surface area contributed by atoms with Crippen molar-refractivity contribution in [1.82, 2.24) is 9.97 Å². The summed E-state index contributed by atoms with van der Waals surface area (Å²) < 4.78 is 50.3. The molecule has 3 rings (SSSR count). The molecule has 0 spiro atoms. The first kappa shape index (κ1) is 18.0. The van der Waals surface area contributed by atoms with E-state index in [1.807, 2.05) is 0 Å². The highest BCUT2D eigenvalue weighted by atomic mass is 32.1. The molecule has 1 N–H and O–H groups in total. The Morgan fingerprint density at radius 1 is 1.04 bits per heavy atom. The van der Waals surface area contributed by atoms with Crippen LogP contribution in [0.5, 0.6) is 0 Å². The number of aromatic nitrogens is 2. The van der Waals surface area contributed by atoms with E-state index in [4.69, 9.17) is 0 Å². The molecule has 2 aromatic heterocycles. The molecule has 0 saturated carbocycles. The van der Waals surface area contributed by atoms with Gasteiger partial charge in [0.05, 0.1) is 5.56 Å². The predicted molar refractivity (Wildman–Crippen MR) is 88.5 cm³/mol. The van der Waals surface area contributed by atoms with Crippen molar-refractivity contribution in [3.05, 3.63) is 76.3 Å². The Balaban J connectivity index is 1.65. The Morgan fingerprint density at radius 3 is 2.38 bits per heavy atom. The number of hydrogen-bond acceptors (Lipinski definition) is 4. The standard InChI is InChI=1S/C17H11F4N3OS/c18-12-4-1-10(2-5-12)7-13-9-23-16(26-13)24-15(25)11-3-6-14(22-8-11)17(19,20)21/h1-6,8-9H,7H2,(H,23,24,25). The van der Waals surface area contributed by atoms with Crippen LogP contribution in [-0.2, 0) is 12.6 Å². The van der Waals surface area contributed by atoms with E-state index in [2.05, 4.69) is 15.3 Å². The Bertz CT molecular complexity index is 905. The third-order valence-corrected chi connectivity index (χ3v) is 4.29. The molecule has 0 radical (unpaired) electrons. The van der Waals surface area contributed by atoms with Gasteiger partial charge in [-0.05, 0) is 29.8 Å².